The number of carbonyl (C=O) groups is 1. The molecule has 0 aliphatic rings. The van der Waals surface area contributed by atoms with Crippen LogP contribution in [0.3, 0.4) is 0 Å². The summed E-state index contributed by atoms with van der Waals surface area (Å²) >= 11 is 0. The fourth-order valence-electron chi connectivity index (χ4n) is 2.05. The van der Waals surface area contributed by atoms with E-state index in [4.69, 9.17) is 18.9 Å². The maximum absolute atomic E-state index is 12.7. The van der Waals surface area contributed by atoms with Crippen LogP contribution in [0.15, 0.2) is 36.4 Å². The SMILES string of the molecule is COc1ccc([P-]C(=O)c2c(OC)cc(OC)cc2OC)cc1.[Li+]. The van der Waals surface area contributed by atoms with Gasteiger partial charge in [0, 0.05) is 17.7 Å². The van der Waals surface area contributed by atoms with Gasteiger partial charge >= 0.3 is 18.9 Å². The van der Waals surface area contributed by atoms with Crippen LogP contribution >= 0.6 is 8.58 Å². The third-order valence-electron chi connectivity index (χ3n) is 3.23. The minimum absolute atomic E-state index is 0. The first-order valence-corrected chi connectivity index (χ1v) is 7.72. The quantitative estimate of drug-likeness (QED) is 0.530. The Morgan fingerprint density at radius 2 is 1.29 bits per heavy atom. The van der Waals surface area contributed by atoms with E-state index in [1.807, 2.05) is 24.3 Å². The summed E-state index contributed by atoms with van der Waals surface area (Å²) < 4.78 is 20.9. The van der Waals surface area contributed by atoms with E-state index in [1.165, 1.54) is 14.2 Å². The molecule has 0 aromatic heterocycles. The maximum atomic E-state index is 12.7. The minimum atomic E-state index is -0.119. The van der Waals surface area contributed by atoms with Crippen molar-refractivity contribution in [2.75, 3.05) is 28.4 Å². The van der Waals surface area contributed by atoms with Gasteiger partial charge in [-0.25, -0.2) is 0 Å². The third kappa shape index (κ3) is 4.67. The second-order valence-corrected chi connectivity index (χ2v) is 5.67. The van der Waals surface area contributed by atoms with Gasteiger partial charge in [-0.1, -0.05) is 12.1 Å². The molecule has 0 radical (unpaired) electrons. The molecule has 0 saturated heterocycles. The van der Waals surface area contributed by atoms with Crippen LogP contribution in [0.5, 0.6) is 23.0 Å². The molecule has 0 heterocycles. The number of methoxy groups -OCH3 is 4. The third-order valence-corrected chi connectivity index (χ3v) is 4.22. The molecule has 5 nitrogen and oxygen atoms in total. The van der Waals surface area contributed by atoms with E-state index in [0.717, 1.165) is 11.1 Å². The van der Waals surface area contributed by atoms with Gasteiger partial charge in [-0.15, -0.1) is 0 Å². The van der Waals surface area contributed by atoms with E-state index in [0.29, 0.717) is 31.4 Å². The summed E-state index contributed by atoms with van der Waals surface area (Å²) in [5.41, 5.74) is 0.278. The minimum Gasteiger partial charge on any atom is -0.497 e. The predicted molar refractivity (Wildman–Crippen MR) is 90.0 cm³/mol. The van der Waals surface area contributed by atoms with Crippen LogP contribution in [0, 0.1) is 0 Å². The van der Waals surface area contributed by atoms with Crippen LogP contribution in [0.25, 0.3) is 0 Å². The average molecular weight is 340 g/mol. The fourth-order valence-corrected chi connectivity index (χ4v) is 2.91. The van der Waals surface area contributed by atoms with Crippen LogP contribution < -0.4 is 43.1 Å². The van der Waals surface area contributed by atoms with Gasteiger partial charge in [0.15, 0.2) is 0 Å². The predicted octanol–water partition coefficient (Wildman–Crippen LogP) is 0.137. The molecule has 0 amide bonds. The molecule has 0 fully saturated rings. The van der Waals surface area contributed by atoms with Gasteiger partial charge in [-0.05, 0) is 12.1 Å². The molecule has 0 atom stereocenters. The van der Waals surface area contributed by atoms with E-state index in [2.05, 4.69) is 0 Å². The summed E-state index contributed by atoms with van der Waals surface area (Å²) in [6.07, 6.45) is 0. The second kappa shape index (κ2) is 9.59. The monoisotopic (exact) mass is 340 g/mol. The first kappa shape index (κ1) is 20.4. The van der Waals surface area contributed by atoms with Gasteiger partial charge in [-0.3, -0.25) is 0 Å². The van der Waals surface area contributed by atoms with E-state index < -0.39 is 0 Å². The zero-order valence-electron chi connectivity index (χ0n) is 14.5. The summed E-state index contributed by atoms with van der Waals surface area (Å²) in [7, 11) is 6.69. The van der Waals surface area contributed by atoms with Crippen LogP contribution in [-0.4, -0.2) is 34.0 Å². The molecule has 7 heteroatoms. The van der Waals surface area contributed by atoms with Crippen molar-refractivity contribution < 1.29 is 42.6 Å². The van der Waals surface area contributed by atoms with Crippen molar-refractivity contribution in [2.24, 2.45) is 0 Å². The van der Waals surface area contributed by atoms with Gasteiger partial charge in [0.25, 0.3) is 0 Å². The van der Waals surface area contributed by atoms with Crippen molar-refractivity contribution in [1.29, 1.82) is 0 Å². The number of rotatable bonds is 7. The van der Waals surface area contributed by atoms with Crippen molar-refractivity contribution in [1.82, 2.24) is 0 Å². The molecule has 0 spiro atoms. The molecule has 2 aromatic rings. The number of hydrogen-bond acceptors (Lipinski definition) is 5. The number of benzene rings is 2. The van der Waals surface area contributed by atoms with Crippen LogP contribution in [0.4, 0.5) is 0 Å². The Bertz CT molecular complexity index is 663. The summed E-state index contributed by atoms with van der Waals surface area (Å²) in [6.45, 7) is 0. The normalized spacial score (nSPS) is 10.2. The Hall–Kier alpha value is -1.66. The molecule has 2 rings (SSSR count). The zero-order chi connectivity index (χ0) is 16.8. The molecule has 0 bridgehead atoms. The molecular formula is C17H18LiO5P. The van der Waals surface area contributed by atoms with Crippen molar-refractivity contribution in [3.05, 3.63) is 42.0 Å². The van der Waals surface area contributed by atoms with Crippen LogP contribution in [-0.2, 0) is 0 Å². The molecule has 24 heavy (non-hydrogen) atoms. The molecule has 0 aliphatic carbocycles. The first-order valence-electron chi connectivity index (χ1n) is 6.83. The molecule has 0 aliphatic heterocycles. The Kier molecular flexibility index (Phi) is 8.14. The molecule has 122 valence electrons. The zero-order valence-corrected chi connectivity index (χ0v) is 15.3. The maximum Gasteiger partial charge on any atom is 1.00 e. The van der Waals surface area contributed by atoms with Gasteiger partial charge in [-0.2, -0.15) is 5.30 Å². The first-order chi connectivity index (χ1) is 11.1. The number of hydrogen-bond donors (Lipinski definition) is 0. The van der Waals surface area contributed by atoms with Crippen molar-refractivity contribution in [3.63, 3.8) is 0 Å². The van der Waals surface area contributed by atoms with E-state index in [9.17, 15) is 4.79 Å². The number of ether oxygens (including phenoxy) is 4. The molecule has 0 saturated carbocycles. The van der Waals surface area contributed by atoms with Gasteiger partial charge in [0.1, 0.15) is 23.0 Å². The van der Waals surface area contributed by atoms with Crippen molar-refractivity contribution >= 4 is 19.4 Å². The fraction of sp³-hybridized carbons (Fsp3) is 0.235. The van der Waals surface area contributed by atoms with Crippen molar-refractivity contribution in [2.45, 2.75) is 0 Å². The Morgan fingerprint density at radius 3 is 1.71 bits per heavy atom. The van der Waals surface area contributed by atoms with E-state index >= 15 is 0 Å². The standard InChI is InChI=1S/C17H18O5P.Li/c1-19-11-5-7-13(8-6-11)23-17(18)16-14(21-3)9-12(20-2)10-15(16)22-4;/h5-10H,1-4H3;/q-1;+1. The van der Waals surface area contributed by atoms with Crippen LogP contribution in [0.2, 0.25) is 0 Å². The Labute approximate surface area is 155 Å². The van der Waals surface area contributed by atoms with Crippen LogP contribution in [0.1, 0.15) is 10.4 Å². The van der Waals surface area contributed by atoms with Gasteiger partial charge < -0.3 is 32.3 Å². The van der Waals surface area contributed by atoms with Crippen molar-refractivity contribution in [3.8, 4) is 23.0 Å². The Morgan fingerprint density at radius 1 is 0.792 bits per heavy atom. The summed E-state index contributed by atoms with van der Waals surface area (Å²) in [4.78, 5) is 12.7. The van der Waals surface area contributed by atoms with Gasteiger partial charge in [0.2, 0.25) is 0 Å². The van der Waals surface area contributed by atoms with E-state index in [1.54, 1.807) is 26.4 Å². The largest absolute Gasteiger partial charge is 1.00 e. The smallest absolute Gasteiger partial charge is 0.497 e. The van der Waals surface area contributed by atoms with Gasteiger partial charge in [0.05, 0.1) is 34.0 Å². The van der Waals surface area contributed by atoms with E-state index in [-0.39, 0.29) is 24.4 Å². The topological polar surface area (TPSA) is 54.0 Å². The molecule has 2 aromatic carbocycles. The summed E-state index contributed by atoms with van der Waals surface area (Å²) in [5.74, 6) is 2.16. The molecular weight excluding hydrogens is 322 g/mol. The average Bonchev–Trinajstić information content (AvgIpc) is 2.60. The summed E-state index contributed by atoms with van der Waals surface area (Å²) in [6, 6.07) is 10.7. The molecule has 0 N–H and O–H groups in total. The Balaban J connectivity index is 0.00000288. The second-order valence-electron chi connectivity index (χ2n) is 4.52. The summed E-state index contributed by atoms with van der Waals surface area (Å²) in [5, 5.41) is 0.857. The number of carbonyl (C=O) groups excluding carboxylic acids is 1. The molecule has 0 unspecified atom stereocenters.